The summed E-state index contributed by atoms with van der Waals surface area (Å²) in [6.45, 7) is 0. The predicted molar refractivity (Wildman–Crippen MR) is 90.2 cm³/mol. The molecule has 106 valence electrons. The van der Waals surface area contributed by atoms with E-state index in [9.17, 15) is 8.42 Å². The first kappa shape index (κ1) is 15.7. The lowest BCUT2D eigenvalue weighted by atomic mass is 10.2. The highest BCUT2D eigenvalue weighted by Gasteiger charge is 2.19. The Bertz CT molecular complexity index is 774. The van der Waals surface area contributed by atoms with Crippen molar-refractivity contribution in [1.82, 2.24) is 0 Å². The second-order valence-corrected chi connectivity index (χ2v) is 8.70. The van der Waals surface area contributed by atoms with Crippen LogP contribution in [0, 0.1) is 0 Å². The topological polar surface area (TPSA) is 72.2 Å². The second kappa shape index (κ2) is 5.98. The molecule has 4 nitrogen and oxygen atoms in total. The van der Waals surface area contributed by atoms with Crippen LogP contribution in [0.3, 0.4) is 0 Å². The number of thiocarbonyl (C=S) groups is 1. The summed E-state index contributed by atoms with van der Waals surface area (Å²) < 4.78 is 28.2. The van der Waals surface area contributed by atoms with Gasteiger partial charge in [-0.15, -0.1) is 11.3 Å². The summed E-state index contributed by atoms with van der Waals surface area (Å²) in [6, 6.07) is 7.90. The Morgan fingerprint density at radius 2 is 2.05 bits per heavy atom. The van der Waals surface area contributed by atoms with E-state index in [1.807, 2.05) is 0 Å². The van der Waals surface area contributed by atoms with Crippen LogP contribution < -0.4 is 10.5 Å². The van der Waals surface area contributed by atoms with Crippen LogP contribution in [0.4, 0.5) is 5.69 Å². The van der Waals surface area contributed by atoms with Crippen LogP contribution >= 0.6 is 51.1 Å². The van der Waals surface area contributed by atoms with Crippen LogP contribution in [0.15, 0.2) is 39.0 Å². The van der Waals surface area contributed by atoms with Crippen LogP contribution in [0.1, 0.15) is 5.56 Å². The molecule has 0 saturated heterocycles. The molecule has 3 N–H and O–H groups in total. The number of hydrogen-bond donors (Lipinski definition) is 2. The van der Waals surface area contributed by atoms with Gasteiger partial charge in [0.1, 0.15) is 9.20 Å². The summed E-state index contributed by atoms with van der Waals surface area (Å²) in [5, 5.41) is 0. The molecule has 2 aromatic rings. The van der Waals surface area contributed by atoms with Crippen molar-refractivity contribution >= 4 is 71.8 Å². The van der Waals surface area contributed by atoms with Crippen molar-refractivity contribution in [1.29, 1.82) is 0 Å². The summed E-state index contributed by atoms with van der Waals surface area (Å²) >= 11 is 14.9. The highest BCUT2D eigenvalue weighted by molar-refractivity contribution is 9.10. The zero-order chi connectivity index (χ0) is 14.9. The Labute approximate surface area is 139 Å². The Morgan fingerprint density at radius 1 is 1.35 bits per heavy atom. The first-order valence-electron chi connectivity index (χ1n) is 5.17. The minimum atomic E-state index is -3.71. The van der Waals surface area contributed by atoms with E-state index in [1.54, 1.807) is 18.2 Å². The molecule has 9 heteroatoms. The molecule has 0 atom stereocenters. The molecule has 0 bridgehead atoms. The van der Waals surface area contributed by atoms with E-state index in [-0.39, 0.29) is 9.20 Å². The van der Waals surface area contributed by atoms with Gasteiger partial charge in [-0.25, -0.2) is 8.42 Å². The van der Waals surface area contributed by atoms with Gasteiger partial charge in [0.25, 0.3) is 10.0 Å². The van der Waals surface area contributed by atoms with E-state index in [4.69, 9.17) is 29.6 Å². The van der Waals surface area contributed by atoms with Crippen molar-refractivity contribution in [3.8, 4) is 0 Å². The fourth-order valence-corrected chi connectivity index (χ4v) is 4.54. The largest absolute Gasteiger partial charge is 0.389 e. The normalized spacial score (nSPS) is 11.3. The van der Waals surface area contributed by atoms with E-state index in [0.29, 0.717) is 15.6 Å². The predicted octanol–water partition coefficient (Wildman–Crippen LogP) is 3.60. The van der Waals surface area contributed by atoms with Crippen LogP contribution in [0.2, 0.25) is 4.34 Å². The summed E-state index contributed by atoms with van der Waals surface area (Å²) in [5.74, 6) is 0. The van der Waals surface area contributed by atoms with Crippen molar-refractivity contribution in [3.63, 3.8) is 0 Å². The van der Waals surface area contributed by atoms with Crippen LogP contribution in [-0.2, 0) is 10.0 Å². The van der Waals surface area contributed by atoms with Crippen molar-refractivity contribution in [2.75, 3.05) is 4.72 Å². The van der Waals surface area contributed by atoms with Gasteiger partial charge >= 0.3 is 0 Å². The number of nitrogens with two attached hydrogens (primary N) is 1. The molecular weight excluding hydrogens is 404 g/mol. The fourth-order valence-electron chi connectivity index (χ4n) is 1.45. The summed E-state index contributed by atoms with van der Waals surface area (Å²) in [4.78, 5) is 0.105. The van der Waals surface area contributed by atoms with Crippen LogP contribution in [0.25, 0.3) is 0 Å². The highest BCUT2D eigenvalue weighted by Crippen LogP contribution is 2.29. The first-order chi connectivity index (χ1) is 9.29. The van der Waals surface area contributed by atoms with Gasteiger partial charge in [-0.1, -0.05) is 39.7 Å². The summed E-state index contributed by atoms with van der Waals surface area (Å²) in [5.41, 5.74) is 6.37. The van der Waals surface area contributed by atoms with Crippen LogP contribution in [-0.4, -0.2) is 13.4 Å². The molecule has 1 heterocycles. The van der Waals surface area contributed by atoms with E-state index in [1.165, 1.54) is 12.1 Å². The maximum atomic E-state index is 12.2. The monoisotopic (exact) mass is 410 g/mol. The number of thiophene rings is 1. The molecule has 0 spiro atoms. The van der Waals surface area contributed by atoms with Gasteiger partial charge in [-0.05, 0) is 30.3 Å². The number of benzene rings is 1. The minimum Gasteiger partial charge on any atom is -0.389 e. The third-order valence-corrected chi connectivity index (χ3v) is 6.11. The number of hydrogen-bond acceptors (Lipinski definition) is 4. The molecule has 2 rings (SSSR count). The highest BCUT2D eigenvalue weighted by atomic mass is 79.9. The molecule has 1 aromatic carbocycles. The first-order valence-corrected chi connectivity index (χ1v) is 9.05. The molecule has 0 saturated carbocycles. The number of rotatable bonds is 4. The average Bonchev–Trinajstić information content (AvgIpc) is 2.78. The molecule has 1 aromatic heterocycles. The Hall–Kier alpha value is -0.670. The van der Waals surface area contributed by atoms with Gasteiger partial charge in [0.05, 0.1) is 10.0 Å². The quantitative estimate of drug-likeness (QED) is 0.754. The Morgan fingerprint density at radius 3 is 2.60 bits per heavy atom. The SMILES string of the molecule is NC(=S)c1cc(Br)ccc1NS(=O)(=O)c1ccc(Cl)s1. The standard InChI is InChI=1S/C11H8BrClN2O2S3/c12-6-1-2-8(7(5-6)11(14)18)15-20(16,17)10-4-3-9(13)19-10/h1-5,15H,(H2,14,18). The fraction of sp³-hybridized carbons (Fsp3) is 0. The van der Waals surface area contributed by atoms with E-state index in [0.717, 1.165) is 15.8 Å². The number of anilines is 1. The Balaban J connectivity index is 2.42. The zero-order valence-corrected chi connectivity index (χ0v) is 14.6. The second-order valence-electron chi connectivity index (χ2n) is 3.72. The lowest BCUT2D eigenvalue weighted by molar-refractivity contribution is 0.603. The molecule has 0 amide bonds. The third kappa shape index (κ3) is 3.50. The number of halogens is 2. The molecule has 0 fully saturated rings. The molecule has 0 aliphatic heterocycles. The smallest absolute Gasteiger partial charge is 0.271 e. The van der Waals surface area contributed by atoms with Crippen molar-refractivity contribution in [3.05, 3.63) is 44.7 Å². The number of nitrogens with one attached hydrogen (secondary N) is 1. The van der Waals surface area contributed by atoms with Crippen molar-refractivity contribution < 1.29 is 8.42 Å². The third-order valence-electron chi connectivity index (χ3n) is 2.30. The van der Waals surface area contributed by atoms with Crippen molar-refractivity contribution in [2.45, 2.75) is 4.21 Å². The van der Waals surface area contributed by atoms with Gasteiger partial charge in [-0.3, -0.25) is 4.72 Å². The van der Waals surface area contributed by atoms with Crippen LogP contribution in [0.5, 0.6) is 0 Å². The van der Waals surface area contributed by atoms with Gasteiger partial charge in [0.15, 0.2) is 0 Å². The zero-order valence-electron chi connectivity index (χ0n) is 9.76. The van der Waals surface area contributed by atoms with Gasteiger partial charge in [-0.2, -0.15) is 0 Å². The van der Waals surface area contributed by atoms with Gasteiger partial charge in [0.2, 0.25) is 0 Å². The number of sulfonamides is 1. The van der Waals surface area contributed by atoms with Gasteiger partial charge in [0, 0.05) is 10.0 Å². The van der Waals surface area contributed by atoms with Crippen molar-refractivity contribution in [2.24, 2.45) is 5.73 Å². The summed E-state index contributed by atoms with van der Waals surface area (Å²) in [6.07, 6.45) is 0. The minimum absolute atomic E-state index is 0.105. The van der Waals surface area contributed by atoms with E-state index >= 15 is 0 Å². The maximum Gasteiger partial charge on any atom is 0.271 e. The lowest BCUT2D eigenvalue weighted by Gasteiger charge is -2.11. The summed E-state index contributed by atoms with van der Waals surface area (Å²) in [7, 11) is -3.71. The van der Waals surface area contributed by atoms with E-state index < -0.39 is 10.0 Å². The molecule has 0 aliphatic carbocycles. The molecular formula is C11H8BrClN2O2S3. The molecule has 0 aliphatic rings. The maximum absolute atomic E-state index is 12.2. The van der Waals surface area contributed by atoms with Gasteiger partial charge < -0.3 is 5.73 Å². The lowest BCUT2D eigenvalue weighted by Crippen LogP contribution is -2.17. The molecule has 0 unspecified atom stereocenters. The Kier molecular flexibility index (Phi) is 4.70. The average molecular weight is 412 g/mol. The molecule has 20 heavy (non-hydrogen) atoms. The molecule has 0 radical (unpaired) electrons. The van der Waals surface area contributed by atoms with E-state index in [2.05, 4.69) is 20.7 Å².